The van der Waals surface area contributed by atoms with Crippen LogP contribution < -0.4 is 15.4 Å². The van der Waals surface area contributed by atoms with Crippen molar-refractivity contribution in [2.45, 2.75) is 50.8 Å². The molecule has 0 bridgehead atoms. The van der Waals surface area contributed by atoms with E-state index in [2.05, 4.69) is 10.0 Å². The molecule has 0 aromatic heterocycles. The number of carbonyl (C=O) groups is 1. The van der Waals surface area contributed by atoms with Crippen LogP contribution in [0.4, 0.5) is 0 Å². The number of piperidine rings is 1. The molecule has 1 aliphatic heterocycles. The Balaban J connectivity index is 1.95. The van der Waals surface area contributed by atoms with Gasteiger partial charge in [-0.05, 0) is 76.4 Å². The van der Waals surface area contributed by atoms with Gasteiger partial charge in [-0.25, -0.2) is 0 Å². The molecule has 1 fully saturated rings. The van der Waals surface area contributed by atoms with Crippen molar-refractivity contribution < 1.29 is 13.5 Å². The lowest BCUT2D eigenvalue weighted by Gasteiger charge is -2.40. The van der Waals surface area contributed by atoms with Crippen molar-refractivity contribution in [1.29, 1.82) is 0 Å². The molecule has 1 spiro atoms. The maximum Gasteiger partial charge on any atom is 0.251 e. The Morgan fingerprint density at radius 1 is 1.40 bits per heavy atom. The van der Waals surface area contributed by atoms with Gasteiger partial charge in [0.25, 0.3) is 5.91 Å². The molecular weight excluding hydrogens is 334 g/mol. The molecular formula is C19H29N3O2S. The zero-order chi connectivity index (χ0) is 20.7. The van der Waals surface area contributed by atoms with Crippen LogP contribution in [0.3, 0.4) is 0 Å². The molecule has 1 heterocycles. The Bertz CT molecular complexity index is 743. The van der Waals surface area contributed by atoms with Gasteiger partial charge < -0.3 is 15.2 Å². The van der Waals surface area contributed by atoms with Crippen molar-refractivity contribution >= 4 is 17.3 Å². The van der Waals surface area contributed by atoms with E-state index in [9.17, 15) is 9.35 Å². The average molecular weight is 367 g/mol. The lowest BCUT2D eigenvalue weighted by atomic mass is 9.73. The molecule has 2 aliphatic rings. The van der Waals surface area contributed by atoms with Crippen molar-refractivity contribution in [1.82, 2.24) is 15.4 Å². The molecule has 1 aromatic carbocycles. The second kappa shape index (κ2) is 6.91. The number of hydrogen-bond donors (Lipinski definition) is 3. The third-order valence-corrected chi connectivity index (χ3v) is 6.93. The van der Waals surface area contributed by atoms with Crippen LogP contribution in [0.2, 0.25) is 0 Å². The zero-order valence-electron chi connectivity index (χ0n) is 18.1. The predicted octanol–water partition coefficient (Wildman–Crippen LogP) is 2.06. The molecule has 6 heteroatoms. The highest BCUT2D eigenvalue weighted by Crippen LogP contribution is 2.51. The normalized spacial score (nSPS) is 25.6. The number of fused-ring (bicyclic) bond motifs is 1. The highest BCUT2D eigenvalue weighted by Gasteiger charge is 2.49. The first kappa shape index (κ1) is 15.0. The van der Waals surface area contributed by atoms with Gasteiger partial charge in [0.1, 0.15) is 4.75 Å². The van der Waals surface area contributed by atoms with E-state index in [-0.39, 0.29) is 11.5 Å². The summed E-state index contributed by atoms with van der Waals surface area (Å²) in [6.45, 7) is 5.07. The fraction of sp³-hybridized carbons (Fsp3) is 0.632. The largest absolute Gasteiger partial charge is 0.598 e. The molecule has 2 unspecified atom stereocenters. The maximum atomic E-state index is 12.9. The van der Waals surface area contributed by atoms with E-state index in [4.69, 9.17) is 4.11 Å². The smallest absolute Gasteiger partial charge is 0.251 e. The number of carbonyl (C=O) groups excluding carboxylic acids is 1. The lowest BCUT2D eigenvalue weighted by molar-refractivity contribution is 0.0963. The van der Waals surface area contributed by atoms with E-state index < -0.39 is 29.0 Å². The second-order valence-electron chi connectivity index (χ2n) is 8.09. The highest BCUT2D eigenvalue weighted by atomic mass is 32.2. The fourth-order valence-corrected chi connectivity index (χ4v) is 4.86. The third kappa shape index (κ3) is 3.58. The average Bonchev–Trinajstić information content (AvgIpc) is 2.85. The standard InChI is InChI=1S/C19H29N3O2S/c1-18(2,3)25(24)22-16-15-11-13(17(23)20-4)5-6-14(15)12-19(16)7-9-21-10-8-19/h5-6,11,16,21-22H,7-10,12H2,1-4H3,(H,20,23)/i4D3. The highest BCUT2D eigenvalue weighted by molar-refractivity contribution is 7.90. The summed E-state index contributed by atoms with van der Waals surface area (Å²) in [5, 5.41) is 5.44. The van der Waals surface area contributed by atoms with Gasteiger partial charge in [0.15, 0.2) is 0 Å². The van der Waals surface area contributed by atoms with E-state index in [0.717, 1.165) is 43.5 Å². The summed E-state index contributed by atoms with van der Waals surface area (Å²) in [6.07, 6.45) is 2.78. The first-order valence-electron chi connectivity index (χ1n) is 10.3. The molecule has 1 saturated heterocycles. The Kier molecular flexibility index (Phi) is 4.15. The molecule has 138 valence electrons. The summed E-state index contributed by atoms with van der Waals surface area (Å²) in [5.74, 6) is -0.621. The summed E-state index contributed by atoms with van der Waals surface area (Å²) < 4.78 is 37.6. The van der Waals surface area contributed by atoms with Crippen molar-refractivity contribution in [3.05, 3.63) is 34.9 Å². The van der Waals surface area contributed by atoms with Crippen molar-refractivity contribution in [2.75, 3.05) is 20.1 Å². The maximum absolute atomic E-state index is 12.9. The van der Waals surface area contributed by atoms with Gasteiger partial charge in [-0.1, -0.05) is 6.07 Å². The topological polar surface area (TPSA) is 76.2 Å². The van der Waals surface area contributed by atoms with Gasteiger partial charge in [0.2, 0.25) is 0 Å². The van der Waals surface area contributed by atoms with E-state index in [1.807, 2.05) is 32.2 Å². The van der Waals surface area contributed by atoms with Gasteiger partial charge in [0, 0.05) is 33.4 Å². The molecule has 2 atom stereocenters. The molecule has 1 amide bonds. The molecule has 0 saturated carbocycles. The lowest BCUT2D eigenvalue weighted by Crippen LogP contribution is -2.48. The van der Waals surface area contributed by atoms with Crippen LogP contribution in [0.25, 0.3) is 0 Å². The molecule has 1 aromatic rings. The van der Waals surface area contributed by atoms with Crippen molar-refractivity contribution in [3.8, 4) is 0 Å². The SMILES string of the molecule is [2H]C([2H])([2H])NC(=O)c1ccc2c(c1)C(N[S+]([O-])C(C)(C)C)C1(CCNCC1)C2. The molecule has 0 radical (unpaired) electrons. The zero-order valence-corrected chi connectivity index (χ0v) is 15.9. The predicted molar refractivity (Wildman–Crippen MR) is 102 cm³/mol. The number of benzene rings is 1. The third-order valence-electron chi connectivity index (χ3n) is 5.37. The Hall–Kier alpha value is -1.08. The van der Waals surface area contributed by atoms with Gasteiger partial charge >= 0.3 is 0 Å². The summed E-state index contributed by atoms with van der Waals surface area (Å²) in [6, 6.07) is 5.22. The Morgan fingerprint density at radius 3 is 2.76 bits per heavy atom. The molecule has 3 rings (SSSR count). The van der Waals surface area contributed by atoms with E-state index >= 15 is 0 Å². The van der Waals surface area contributed by atoms with E-state index in [1.54, 1.807) is 12.1 Å². The first-order chi connectivity index (χ1) is 12.9. The number of rotatable bonds is 3. The molecule has 1 aliphatic carbocycles. The number of nitrogens with one attached hydrogen (secondary N) is 3. The van der Waals surface area contributed by atoms with Crippen LogP contribution in [-0.2, 0) is 17.8 Å². The monoisotopic (exact) mass is 366 g/mol. The Labute approximate surface area is 157 Å². The quantitative estimate of drug-likeness (QED) is 0.716. The number of amides is 1. The summed E-state index contributed by atoms with van der Waals surface area (Å²) in [4.78, 5) is 12.4. The van der Waals surface area contributed by atoms with Gasteiger partial charge in [-0.2, -0.15) is 0 Å². The van der Waals surface area contributed by atoms with Crippen LogP contribution in [0.5, 0.6) is 0 Å². The minimum absolute atomic E-state index is 0.0480. The van der Waals surface area contributed by atoms with E-state index in [1.165, 1.54) is 0 Å². The summed E-state index contributed by atoms with van der Waals surface area (Å²) in [7, 11) is 0. The van der Waals surface area contributed by atoms with Crippen LogP contribution in [-0.4, -0.2) is 35.3 Å². The van der Waals surface area contributed by atoms with Crippen molar-refractivity contribution in [2.24, 2.45) is 5.41 Å². The van der Waals surface area contributed by atoms with Crippen molar-refractivity contribution in [3.63, 3.8) is 0 Å². The summed E-state index contributed by atoms with van der Waals surface area (Å²) >= 11 is -1.26. The minimum atomic E-state index is -2.53. The number of hydrogen-bond acceptors (Lipinski definition) is 4. The Morgan fingerprint density at radius 2 is 2.12 bits per heavy atom. The first-order valence-corrected chi connectivity index (χ1v) is 9.90. The van der Waals surface area contributed by atoms with Gasteiger partial charge in [-0.3, -0.25) is 4.79 Å². The van der Waals surface area contributed by atoms with E-state index in [0.29, 0.717) is 5.56 Å². The van der Waals surface area contributed by atoms with Gasteiger partial charge in [-0.15, -0.1) is 4.72 Å². The van der Waals surface area contributed by atoms with Gasteiger partial charge in [0.05, 0.1) is 6.04 Å². The van der Waals surface area contributed by atoms with Crippen LogP contribution in [0.1, 0.15) is 65.3 Å². The molecule has 3 N–H and O–H groups in total. The van der Waals surface area contributed by atoms with Crippen LogP contribution in [0.15, 0.2) is 18.2 Å². The second-order valence-corrected chi connectivity index (χ2v) is 10.1. The van der Waals surface area contributed by atoms with Crippen LogP contribution >= 0.6 is 0 Å². The summed E-state index contributed by atoms with van der Waals surface area (Å²) in [5.41, 5.74) is 2.36. The molecule has 5 nitrogen and oxygen atoms in total. The fourth-order valence-electron chi connectivity index (χ4n) is 3.91. The molecule has 25 heavy (non-hydrogen) atoms. The minimum Gasteiger partial charge on any atom is -0.598 e. The van der Waals surface area contributed by atoms with Crippen LogP contribution in [0, 0.1) is 5.41 Å².